The van der Waals surface area contributed by atoms with E-state index in [4.69, 9.17) is 0 Å². The van der Waals surface area contributed by atoms with E-state index in [-0.39, 0.29) is 0 Å². The minimum atomic E-state index is 0.627. The van der Waals surface area contributed by atoms with Crippen LogP contribution in [0.4, 0.5) is 0 Å². The van der Waals surface area contributed by atoms with Gasteiger partial charge in [-0.05, 0) is 24.1 Å². The molecule has 2 heteroatoms. The fourth-order valence-electron chi connectivity index (χ4n) is 2.01. The third-order valence-electron chi connectivity index (χ3n) is 3.46. The molecule has 88 valence electrons. The molecule has 1 fully saturated rings. The van der Waals surface area contributed by atoms with E-state index in [0.717, 1.165) is 25.7 Å². The fourth-order valence-corrected chi connectivity index (χ4v) is 2.01. The van der Waals surface area contributed by atoms with E-state index in [0.29, 0.717) is 5.92 Å². The van der Waals surface area contributed by atoms with Crippen molar-refractivity contribution in [2.24, 2.45) is 0 Å². The Balaban J connectivity index is 1.93. The van der Waals surface area contributed by atoms with Gasteiger partial charge in [-0.15, -0.1) is 0 Å². The summed E-state index contributed by atoms with van der Waals surface area (Å²) in [7, 11) is 2.21. The van der Waals surface area contributed by atoms with E-state index >= 15 is 0 Å². The minimum absolute atomic E-state index is 0.627. The highest BCUT2D eigenvalue weighted by molar-refractivity contribution is 5.24. The van der Waals surface area contributed by atoms with Crippen molar-refractivity contribution in [3.8, 4) is 0 Å². The molecule has 16 heavy (non-hydrogen) atoms. The number of nitrogens with one attached hydrogen (secondary N) is 1. The lowest BCUT2D eigenvalue weighted by atomic mass is 10.0. The number of likely N-dealkylation sites (N-methyl/N-ethyl adjacent to an activating group) is 1. The Morgan fingerprint density at radius 2 is 1.88 bits per heavy atom. The number of rotatable bonds is 4. The Labute approximate surface area is 98.7 Å². The van der Waals surface area contributed by atoms with Gasteiger partial charge in [-0.2, -0.15) is 0 Å². The Morgan fingerprint density at radius 1 is 1.25 bits per heavy atom. The van der Waals surface area contributed by atoms with Crippen LogP contribution >= 0.6 is 0 Å². The van der Waals surface area contributed by atoms with Crippen LogP contribution in [0.3, 0.4) is 0 Å². The molecule has 1 heterocycles. The maximum absolute atomic E-state index is 3.31. The Morgan fingerprint density at radius 3 is 2.31 bits per heavy atom. The number of hydrogen-bond donors (Lipinski definition) is 1. The van der Waals surface area contributed by atoms with Gasteiger partial charge < -0.3 is 5.32 Å². The van der Waals surface area contributed by atoms with Gasteiger partial charge in [0.1, 0.15) is 0 Å². The number of nitrogens with zero attached hydrogens (tertiary/aromatic N) is 1. The summed E-state index contributed by atoms with van der Waals surface area (Å²) in [5, 5.41) is 3.31. The van der Waals surface area contributed by atoms with Crippen molar-refractivity contribution in [2.75, 3.05) is 20.1 Å². The Bertz CT molecular complexity index is 325. The van der Waals surface area contributed by atoms with Crippen molar-refractivity contribution in [3.63, 3.8) is 0 Å². The SMILES string of the molecule is CC(C)c1ccc(CN(C)C2CNC2)cc1. The molecule has 2 rings (SSSR count). The smallest absolute Gasteiger partial charge is 0.0345 e. The molecule has 1 aliphatic heterocycles. The van der Waals surface area contributed by atoms with Crippen molar-refractivity contribution >= 4 is 0 Å². The molecule has 0 aromatic heterocycles. The predicted octanol–water partition coefficient (Wildman–Crippen LogP) is 2.21. The highest BCUT2D eigenvalue weighted by atomic mass is 15.2. The molecule has 1 N–H and O–H groups in total. The molecule has 0 bridgehead atoms. The first-order valence-electron chi connectivity index (χ1n) is 6.16. The summed E-state index contributed by atoms with van der Waals surface area (Å²) in [6.07, 6.45) is 0. The van der Waals surface area contributed by atoms with Crippen LogP contribution in [0.15, 0.2) is 24.3 Å². The molecule has 1 saturated heterocycles. The second-order valence-electron chi connectivity index (χ2n) is 5.12. The molecular weight excluding hydrogens is 196 g/mol. The van der Waals surface area contributed by atoms with Gasteiger partial charge in [0.15, 0.2) is 0 Å². The Kier molecular flexibility index (Phi) is 3.62. The van der Waals surface area contributed by atoms with Gasteiger partial charge in [0.2, 0.25) is 0 Å². The van der Waals surface area contributed by atoms with Crippen LogP contribution in [0.1, 0.15) is 30.9 Å². The van der Waals surface area contributed by atoms with E-state index in [1.807, 2.05) is 0 Å². The minimum Gasteiger partial charge on any atom is -0.314 e. The van der Waals surface area contributed by atoms with Gasteiger partial charge in [-0.3, -0.25) is 4.90 Å². The highest BCUT2D eigenvalue weighted by Gasteiger charge is 2.21. The van der Waals surface area contributed by atoms with E-state index in [9.17, 15) is 0 Å². The standard InChI is InChI=1S/C14H22N2/c1-11(2)13-6-4-12(5-7-13)10-16(3)14-8-15-9-14/h4-7,11,14-15H,8-10H2,1-3H3. The molecule has 0 amide bonds. The summed E-state index contributed by atoms with van der Waals surface area (Å²) >= 11 is 0. The number of hydrogen-bond acceptors (Lipinski definition) is 2. The van der Waals surface area contributed by atoms with Gasteiger partial charge in [0.05, 0.1) is 0 Å². The zero-order chi connectivity index (χ0) is 11.5. The first kappa shape index (κ1) is 11.6. The number of benzene rings is 1. The molecule has 0 radical (unpaired) electrons. The fraction of sp³-hybridized carbons (Fsp3) is 0.571. The third kappa shape index (κ3) is 2.63. The van der Waals surface area contributed by atoms with Crippen molar-refractivity contribution < 1.29 is 0 Å². The van der Waals surface area contributed by atoms with Gasteiger partial charge in [0, 0.05) is 25.7 Å². The largest absolute Gasteiger partial charge is 0.314 e. The topological polar surface area (TPSA) is 15.3 Å². The summed E-state index contributed by atoms with van der Waals surface area (Å²) in [6.45, 7) is 7.81. The predicted molar refractivity (Wildman–Crippen MR) is 68.7 cm³/mol. The lowest BCUT2D eigenvalue weighted by Crippen LogP contribution is -2.55. The quantitative estimate of drug-likeness (QED) is 0.833. The van der Waals surface area contributed by atoms with Crippen molar-refractivity contribution in [1.82, 2.24) is 10.2 Å². The molecular formula is C14H22N2. The average Bonchev–Trinajstić information content (AvgIpc) is 2.15. The van der Waals surface area contributed by atoms with E-state index in [1.165, 1.54) is 11.1 Å². The van der Waals surface area contributed by atoms with Crippen molar-refractivity contribution in [1.29, 1.82) is 0 Å². The maximum atomic E-state index is 3.31. The second-order valence-corrected chi connectivity index (χ2v) is 5.12. The first-order chi connectivity index (χ1) is 7.66. The highest BCUT2D eigenvalue weighted by Crippen LogP contribution is 2.16. The van der Waals surface area contributed by atoms with Crippen LogP contribution in [0.5, 0.6) is 0 Å². The van der Waals surface area contributed by atoms with Crippen LogP contribution < -0.4 is 5.32 Å². The van der Waals surface area contributed by atoms with Crippen LogP contribution in [0, 0.1) is 0 Å². The summed E-state index contributed by atoms with van der Waals surface area (Å²) < 4.78 is 0. The molecule has 1 aliphatic rings. The average molecular weight is 218 g/mol. The summed E-state index contributed by atoms with van der Waals surface area (Å²) in [5.41, 5.74) is 2.84. The molecule has 1 aromatic rings. The summed E-state index contributed by atoms with van der Waals surface area (Å²) in [6, 6.07) is 9.76. The van der Waals surface area contributed by atoms with Crippen LogP contribution in [-0.4, -0.2) is 31.1 Å². The van der Waals surface area contributed by atoms with Crippen LogP contribution in [0.25, 0.3) is 0 Å². The zero-order valence-electron chi connectivity index (χ0n) is 10.5. The van der Waals surface area contributed by atoms with Crippen molar-refractivity contribution in [3.05, 3.63) is 35.4 Å². The maximum Gasteiger partial charge on any atom is 0.0345 e. The van der Waals surface area contributed by atoms with E-state index < -0.39 is 0 Å². The lowest BCUT2D eigenvalue weighted by Gasteiger charge is -2.35. The van der Waals surface area contributed by atoms with E-state index in [1.54, 1.807) is 0 Å². The summed E-state index contributed by atoms with van der Waals surface area (Å²) in [5.74, 6) is 0.627. The molecule has 0 atom stereocenters. The monoisotopic (exact) mass is 218 g/mol. The normalized spacial score (nSPS) is 16.8. The van der Waals surface area contributed by atoms with Crippen LogP contribution in [0.2, 0.25) is 0 Å². The molecule has 0 spiro atoms. The zero-order valence-corrected chi connectivity index (χ0v) is 10.5. The van der Waals surface area contributed by atoms with Crippen LogP contribution in [-0.2, 0) is 6.54 Å². The molecule has 0 aliphatic carbocycles. The molecule has 0 unspecified atom stereocenters. The molecule has 0 saturated carbocycles. The second kappa shape index (κ2) is 4.98. The molecule has 1 aromatic carbocycles. The summed E-state index contributed by atoms with van der Waals surface area (Å²) in [4.78, 5) is 2.43. The van der Waals surface area contributed by atoms with Gasteiger partial charge >= 0.3 is 0 Å². The third-order valence-corrected chi connectivity index (χ3v) is 3.46. The van der Waals surface area contributed by atoms with Gasteiger partial charge in [-0.1, -0.05) is 38.1 Å². The first-order valence-corrected chi connectivity index (χ1v) is 6.16. The van der Waals surface area contributed by atoms with Gasteiger partial charge in [-0.25, -0.2) is 0 Å². The van der Waals surface area contributed by atoms with Gasteiger partial charge in [0.25, 0.3) is 0 Å². The lowest BCUT2D eigenvalue weighted by molar-refractivity contribution is 0.173. The van der Waals surface area contributed by atoms with E-state index in [2.05, 4.69) is 55.4 Å². The van der Waals surface area contributed by atoms with Crippen molar-refractivity contribution in [2.45, 2.75) is 32.4 Å². The molecule has 2 nitrogen and oxygen atoms in total. The Hall–Kier alpha value is -0.860.